The molecule has 3 heterocycles. The number of anilines is 1. The second-order valence-corrected chi connectivity index (χ2v) is 6.73. The fourth-order valence-electron chi connectivity index (χ4n) is 3.42. The van der Waals surface area contributed by atoms with Crippen LogP contribution in [0, 0.1) is 6.92 Å². The Labute approximate surface area is 152 Å². The molecule has 2 aliphatic rings. The van der Waals surface area contributed by atoms with E-state index in [-0.39, 0.29) is 18.5 Å². The van der Waals surface area contributed by atoms with Gasteiger partial charge in [-0.3, -0.25) is 5.10 Å². The summed E-state index contributed by atoms with van der Waals surface area (Å²) in [4.78, 5) is 12.4. The molecule has 0 amide bonds. The summed E-state index contributed by atoms with van der Waals surface area (Å²) < 4.78 is 16.8. The van der Waals surface area contributed by atoms with E-state index < -0.39 is 0 Å². The third kappa shape index (κ3) is 2.31. The number of aromatic nitrogens is 2. The number of ether oxygens (including phenoxy) is 3. The molecule has 8 heteroatoms. The van der Waals surface area contributed by atoms with Crippen molar-refractivity contribution in [2.45, 2.75) is 12.8 Å². The second kappa shape index (κ2) is 5.80. The molecule has 2 N–H and O–H groups in total. The number of hydrogen-bond acceptors (Lipinski definition) is 6. The van der Waals surface area contributed by atoms with Crippen LogP contribution in [0.5, 0.6) is 11.5 Å². The number of nitrogens with one attached hydrogen (secondary N) is 2. The predicted molar refractivity (Wildman–Crippen MR) is 94.0 cm³/mol. The summed E-state index contributed by atoms with van der Waals surface area (Å²) in [5, 5.41) is 10.5. The zero-order valence-electron chi connectivity index (χ0n) is 13.9. The van der Waals surface area contributed by atoms with Gasteiger partial charge in [-0.2, -0.15) is 5.10 Å². The van der Waals surface area contributed by atoms with Gasteiger partial charge in [-0.15, -0.1) is 0 Å². The highest BCUT2D eigenvalue weighted by Gasteiger charge is 2.41. The van der Waals surface area contributed by atoms with Gasteiger partial charge in [0.25, 0.3) is 0 Å². The monoisotopic (exact) mass is 405 g/mol. The van der Waals surface area contributed by atoms with E-state index in [1.165, 1.54) is 0 Å². The Morgan fingerprint density at radius 3 is 2.84 bits per heavy atom. The fourth-order valence-corrected chi connectivity index (χ4v) is 4.04. The van der Waals surface area contributed by atoms with Crippen molar-refractivity contribution in [3.05, 3.63) is 44.7 Å². The average molecular weight is 406 g/mol. The van der Waals surface area contributed by atoms with Crippen LogP contribution in [0.4, 0.5) is 5.82 Å². The third-order valence-corrected chi connectivity index (χ3v) is 5.11. The van der Waals surface area contributed by atoms with Gasteiger partial charge >= 0.3 is 5.97 Å². The molecule has 1 atom stereocenters. The first kappa shape index (κ1) is 16.0. The number of benzene rings is 1. The van der Waals surface area contributed by atoms with Crippen LogP contribution in [0.3, 0.4) is 0 Å². The van der Waals surface area contributed by atoms with Crippen LogP contribution in [0.2, 0.25) is 0 Å². The molecule has 0 saturated heterocycles. The van der Waals surface area contributed by atoms with Gasteiger partial charge in [0.15, 0.2) is 17.3 Å². The van der Waals surface area contributed by atoms with Crippen molar-refractivity contribution in [3.8, 4) is 11.5 Å². The normalized spacial score (nSPS) is 18.4. The average Bonchev–Trinajstić information content (AvgIpc) is 3.16. The number of aromatic amines is 1. The lowest BCUT2D eigenvalue weighted by atomic mass is 9.82. The number of cyclic esters (lactones) is 1. The number of methoxy groups -OCH3 is 2. The van der Waals surface area contributed by atoms with Crippen molar-refractivity contribution < 1.29 is 19.0 Å². The highest BCUT2D eigenvalue weighted by atomic mass is 79.9. The number of carbonyl (C=O) groups is 1. The summed E-state index contributed by atoms with van der Waals surface area (Å²) in [6, 6.07) is 3.82. The number of esters is 1. The predicted octanol–water partition coefficient (Wildman–Crippen LogP) is 2.87. The molecule has 2 aliphatic heterocycles. The molecule has 1 aromatic carbocycles. The topological polar surface area (TPSA) is 85.5 Å². The van der Waals surface area contributed by atoms with Crippen molar-refractivity contribution in [2.24, 2.45) is 0 Å². The van der Waals surface area contributed by atoms with E-state index in [9.17, 15) is 4.79 Å². The zero-order valence-corrected chi connectivity index (χ0v) is 15.5. The molecular weight excluding hydrogens is 390 g/mol. The first-order chi connectivity index (χ1) is 12.0. The lowest BCUT2D eigenvalue weighted by Crippen LogP contribution is -2.20. The van der Waals surface area contributed by atoms with E-state index in [4.69, 9.17) is 14.2 Å². The highest BCUT2D eigenvalue weighted by molar-refractivity contribution is 9.10. The Balaban J connectivity index is 1.95. The molecule has 1 aromatic heterocycles. The molecule has 1 unspecified atom stereocenters. The molecule has 0 radical (unpaired) electrons. The van der Waals surface area contributed by atoms with Crippen molar-refractivity contribution in [3.63, 3.8) is 0 Å². The van der Waals surface area contributed by atoms with Gasteiger partial charge in [0.1, 0.15) is 6.61 Å². The number of rotatable bonds is 3. The van der Waals surface area contributed by atoms with E-state index in [0.717, 1.165) is 27.0 Å². The number of H-pyrrole nitrogens is 1. The fraction of sp³-hybridized carbons (Fsp3) is 0.294. The first-order valence-electron chi connectivity index (χ1n) is 7.68. The second-order valence-electron chi connectivity index (χ2n) is 5.88. The van der Waals surface area contributed by atoms with E-state index in [2.05, 4.69) is 31.4 Å². The van der Waals surface area contributed by atoms with E-state index >= 15 is 0 Å². The van der Waals surface area contributed by atoms with Crippen LogP contribution >= 0.6 is 15.9 Å². The Morgan fingerprint density at radius 2 is 2.12 bits per heavy atom. The van der Waals surface area contributed by atoms with Gasteiger partial charge in [0, 0.05) is 17.2 Å². The molecule has 0 fully saturated rings. The molecule has 0 aliphatic carbocycles. The van der Waals surface area contributed by atoms with Crippen molar-refractivity contribution in [2.75, 3.05) is 26.1 Å². The molecule has 4 rings (SSSR count). The largest absolute Gasteiger partial charge is 0.493 e. The van der Waals surface area contributed by atoms with Crippen molar-refractivity contribution in [1.29, 1.82) is 0 Å². The Hall–Kier alpha value is -2.48. The summed E-state index contributed by atoms with van der Waals surface area (Å²) >= 11 is 3.53. The lowest BCUT2D eigenvalue weighted by molar-refractivity contribution is -0.136. The minimum Gasteiger partial charge on any atom is -0.493 e. The van der Waals surface area contributed by atoms with Gasteiger partial charge in [0.2, 0.25) is 0 Å². The molecule has 0 bridgehead atoms. The van der Waals surface area contributed by atoms with Gasteiger partial charge in [-0.25, -0.2) is 4.79 Å². The molecule has 0 saturated carbocycles. The minimum absolute atomic E-state index is 0.227. The number of carbonyl (C=O) groups excluding carboxylic acids is 1. The van der Waals surface area contributed by atoms with Gasteiger partial charge in [-0.05, 0) is 40.5 Å². The summed E-state index contributed by atoms with van der Waals surface area (Å²) in [6.45, 7) is 2.16. The van der Waals surface area contributed by atoms with Crippen molar-refractivity contribution >= 4 is 27.7 Å². The Kier molecular flexibility index (Phi) is 3.72. The molecule has 25 heavy (non-hydrogen) atoms. The summed E-state index contributed by atoms with van der Waals surface area (Å²) in [5.74, 6) is 1.29. The first-order valence-corrected chi connectivity index (χ1v) is 8.48. The molecule has 0 spiro atoms. The molecule has 7 nitrogen and oxygen atoms in total. The van der Waals surface area contributed by atoms with E-state index in [1.54, 1.807) is 14.2 Å². The van der Waals surface area contributed by atoms with Crippen molar-refractivity contribution in [1.82, 2.24) is 10.2 Å². The number of hydrogen-bond donors (Lipinski definition) is 2. The Bertz CT molecular complexity index is 919. The quantitative estimate of drug-likeness (QED) is 0.763. The lowest BCUT2D eigenvalue weighted by Gasteiger charge is -2.25. The SMILES string of the molecule is COc1cc(C2C3=C(COC3=O)Nc3n[nH]c(C)c32)cc(Br)c1OC. The van der Waals surface area contributed by atoms with Crippen LogP contribution in [0.1, 0.15) is 22.7 Å². The summed E-state index contributed by atoms with van der Waals surface area (Å²) in [6.07, 6.45) is 0. The Morgan fingerprint density at radius 1 is 1.32 bits per heavy atom. The van der Waals surface area contributed by atoms with Crippen LogP contribution in [-0.2, 0) is 9.53 Å². The maximum atomic E-state index is 12.4. The molecule has 130 valence electrons. The van der Waals surface area contributed by atoms with E-state index in [1.807, 2.05) is 19.1 Å². The summed E-state index contributed by atoms with van der Waals surface area (Å²) in [7, 11) is 3.17. The maximum Gasteiger partial charge on any atom is 0.337 e. The zero-order chi connectivity index (χ0) is 17.7. The smallest absolute Gasteiger partial charge is 0.337 e. The molecular formula is C17H16BrN3O4. The van der Waals surface area contributed by atoms with Gasteiger partial charge in [0.05, 0.1) is 30.0 Å². The maximum absolute atomic E-state index is 12.4. The van der Waals surface area contributed by atoms with Gasteiger partial charge < -0.3 is 19.5 Å². The van der Waals surface area contributed by atoms with Crippen LogP contribution in [0.25, 0.3) is 0 Å². The molecule has 2 aromatic rings. The number of nitrogens with zero attached hydrogens (tertiary/aromatic N) is 1. The highest BCUT2D eigenvalue weighted by Crippen LogP contribution is 2.47. The summed E-state index contributed by atoms with van der Waals surface area (Å²) in [5.41, 5.74) is 4.07. The van der Waals surface area contributed by atoms with Crippen LogP contribution < -0.4 is 14.8 Å². The van der Waals surface area contributed by atoms with E-state index in [0.29, 0.717) is 22.9 Å². The van der Waals surface area contributed by atoms with Crippen LogP contribution in [0.15, 0.2) is 27.9 Å². The minimum atomic E-state index is -0.315. The van der Waals surface area contributed by atoms with Gasteiger partial charge in [-0.1, -0.05) is 0 Å². The standard InChI is InChI=1S/C17H16BrN3O4/c1-7-12-13(8-4-9(18)15(24-3)11(5-8)23-2)14-10(6-25-17(14)22)19-16(12)21-20-7/h4-5,13H,6H2,1-3H3,(H2,19,20,21). The van der Waals surface area contributed by atoms with Crippen LogP contribution in [-0.4, -0.2) is 37.0 Å². The number of aryl methyl sites for hydroxylation is 1. The number of halogens is 1. The third-order valence-electron chi connectivity index (χ3n) is 4.52. The number of fused-ring (bicyclic) bond motifs is 1.